The highest BCUT2D eigenvalue weighted by atomic mass is 79.9. The first kappa shape index (κ1) is 11.8. The summed E-state index contributed by atoms with van der Waals surface area (Å²) in [7, 11) is 1.71. The molecular weight excluding hydrogens is 266 g/mol. The van der Waals surface area contributed by atoms with Crippen LogP contribution in [0.5, 0.6) is 5.75 Å². The van der Waals surface area contributed by atoms with Crippen molar-refractivity contribution in [2.24, 2.45) is 5.92 Å². The number of nitrogens with zero attached hydrogens (tertiary/aromatic N) is 1. The van der Waals surface area contributed by atoms with Crippen molar-refractivity contribution >= 4 is 21.6 Å². The molecule has 1 aromatic rings. The van der Waals surface area contributed by atoms with Gasteiger partial charge < -0.3 is 9.64 Å². The Morgan fingerprint density at radius 2 is 2.00 bits per heavy atom. The van der Waals surface area contributed by atoms with Gasteiger partial charge in [-0.1, -0.05) is 6.92 Å². The van der Waals surface area contributed by atoms with Crippen molar-refractivity contribution < 1.29 is 4.74 Å². The minimum atomic E-state index is 0.862. The summed E-state index contributed by atoms with van der Waals surface area (Å²) in [5.74, 6) is 1.79. The maximum absolute atomic E-state index is 5.27. The summed E-state index contributed by atoms with van der Waals surface area (Å²) in [5.41, 5.74) is 1.26. The Morgan fingerprint density at radius 1 is 1.31 bits per heavy atom. The van der Waals surface area contributed by atoms with Gasteiger partial charge in [0.1, 0.15) is 5.75 Å². The van der Waals surface area contributed by atoms with E-state index in [9.17, 15) is 0 Å². The molecule has 1 aliphatic heterocycles. The number of halogens is 1. The number of piperidine rings is 1. The summed E-state index contributed by atoms with van der Waals surface area (Å²) in [5, 5.41) is 0. The number of ether oxygens (including phenoxy) is 1. The number of anilines is 1. The summed E-state index contributed by atoms with van der Waals surface area (Å²) < 4.78 is 6.43. The van der Waals surface area contributed by atoms with Crippen LogP contribution in [0.15, 0.2) is 22.7 Å². The first-order chi connectivity index (χ1) is 7.70. The molecular formula is C13H18BrNO. The molecule has 3 heteroatoms. The average molecular weight is 284 g/mol. The number of hydrogen-bond donors (Lipinski definition) is 0. The van der Waals surface area contributed by atoms with Gasteiger partial charge in [-0.2, -0.15) is 0 Å². The van der Waals surface area contributed by atoms with E-state index in [1.807, 2.05) is 6.07 Å². The van der Waals surface area contributed by atoms with E-state index >= 15 is 0 Å². The SMILES string of the molecule is COc1ccc(Br)c(N2CCC(C)CC2)c1. The molecule has 0 bridgehead atoms. The van der Waals surface area contributed by atoms with Crippen LogP contribution in [0.2, 0.25) is 0 Å². The molecule has 0 radical (unpaired) electrons. The molecule has 1 aliphatic rings. The molecule has 88 valence electrons. The van der Waals surface area contributed by atoms with Crippen LogP contribution < -0.4 is 9.64 Å². The first-order valence-electron chi connectivity index (χ1n) is 5.79. The summed E-state index contributed by atoms with van der Waals surface area (Å²) in [4.78, 5) is 2.44. The van der Waals surface area contributed by atoms with Gasteiger partial charge >= 0.3 is 0 Å². The smallest absolute Gasteiger partial charge is 0.121 e. The Hall–Kier alpha value is -0.700. The topological polar surface area (TPSA) is 12.5 Å². The summed E-state index contributed by atoms with van der Waals surface area (Å²) in [6.45, 7) is 4.62. The molecule has 0 amide bonds. The summed E-state index contributed by atoms with van der Waals surface area (Å²) in [6.07, 6.45) is 2.56. The fourth-order valence-electron chi connectivity index (χ4n) is 2.11. The predicted octanol–water partition coefficient (Wildman–Crippen LogP) is 3.69. The Kier molecular flexibility index (Phi) is 3.74. The van der Waals surface area contributed by atoms with Crippen molar-refractivity contribution in [3.63, 3.8) is 0 Å². The number of rotatable bonds is 2. The molecule has 1 saturated heterocycles. The van der Waals surface area contributed by atoms with Crippen molar-refractivity contribution in [1.82, 2.24) is 0 Å². The lowest BCUT2D eigenvalue weighted by molar-refractivity contribution is 0.413. The third kappa shape index (κ3) is 2.51. The van der Waals surface area contributed by atoms with Crippen molar-refractivity contribution in [2.75, 3.05) is 25.1 Å². The molecule has 1 fully saturated rings. The maximum atomic E-state index is 5.27. The number of methoxy groups -OCH3 is 1. The molecule has 0 aromatic heterocycles. The lowest BCUT2D eigenvalue weighted by Crippen LogP contribution is -2.32. The fourth-order valence-corrected chi connectivity index (χ4v) is 2.61. The number of hydrogen-bond acceptors (Lipinski definition) is 2. The maximum Gasteiger partial charge on any atom is 0.121 e. The molecule has 0 spiro atoms. The zero-order chi connectivity index (χ0) is 11.5. The third-order valence-corrected chi connectivity index (χ3v) is 3.95. The van der Waals surface area contributed by atoms with Gasteiger partial charge in [0.25, 0.3) is 0 Å². The minimum Gasteiger partial charge on any atom is -0.497 e. The van der Waals surface area contributed by atoms with Crippen LogP contribution in [0.4, 0.5) is 5.69 Å². The second-order valence-corrected chi connectivity index (χ2v) is 5.34. The van der Waals surface area contributed by atoms with E-state index < -0.39 is 0 Å². The van der Waals surface area contributed by atoms with Gasteiger partial charge in [0.05, 0.1) is 12.8 Å². The quantitative estimate of drug-likeness (QED) is 0.821. The lowest BCUT2D eigenvalue weighted by Gasteiger charge is -2.33. The van der Waals surface area contributed by atoms with E-state index in [0.29, 0.717) is 0 Å². The standard InChI is InChI=1S/C13H18BrNO/c1-10-5-7-15(8-6-10)13-9-11(16-2)3-4-12(13)14/h3-4,9-10H,5-8H2,1-2H3. The Bertz CT molecular complexity index is 359. The van der Waals surface area contributed by atoms with E-state index in [0.717, 1.165) is 29.2 Å². The van der Waals surface area contributed by atoms with E-state index in [-0.39, 0.29) is 0 Å². The Labute approximate surface area is 106 Å². The van der Waals surface area contributed by atoms with Crippen LogP contribution in [0.3, 0.4) is 0 Å². The third-order valence-electron chi connectivity index (χ3n) is 3.28. The lowest BCUT2D eigenvalue weighted by atomic mass is 9.99. The van der Waals surface area contributed by atoms with Gasteiger partial charge in [0.15, 0.2) is 0 Å². The molecule has 1 aromatic carbocycles. The normalized spacial score (nSPS) is 17.6. The van der Waals surface area contributed by atoms with Crippen LogP contribution in [-0.2, 0) is 0 Å². The Balaban J connectivity index is 2.19. The van der Waals surface area contributed by atoms with Gasteiger partial charge in [-0.25, -0.2) is 0 Å². The largest absolute Gasteiger partial charge is 0.497 e. The van der Waals surface area contributed by atoms with E-state index in [2.05, 4.69) is 39.9 Å². The highest BCUT2D eigenvalue weighted by Gasteiger charge is 2.18. The van der Waals surface area contributed by atoms with E-state index in [1.54, 1.807) is 7.11 Å². The van der Waals surface area contributed by atoms with Gasteiger partial charge in [-0.05, 0) is 46.8 Å². The monoisotopic (exact) mass is 283 g/mol. The molecule has 2 nitrogen and oxygen atoms in total. The molecule has 16 heavy (non-hydrogen) atoms. The second kappa shape index (κ2) is 5.09. The van der Waals surface area contributed by atoms with Crippen LogP contribution in [0.1, 0.15) is 19.8 Å². The molecule has 0 saturated carbocycles. The molecule has 1 heterocycles. The minimum absolute atomic E-state index is 0.862. The van der Waals surface area contributed by atoms with E-state index in [1.165, 1.54) is 18.5 Å². The predicted molar refractivity (Wildman–Crippen MR) is 71.3 cm³/mol. The number of benzene rings is 1. The summed E-state index contributed by atoms with van der Waals surface area (Å²) in [6, 6.07) is 6.16. The van der Waals surface area contributed by atoms with Crippen LogP contribution in [0, 0.1) is 5.92 Å². The zero-order valence-electron chi connectivity index (χ0n) is 9.87. The average Bonchev–Trinajstić information content (AvgIpc) is 2.31. The second-order valence-electron chi connectivity index (χ2n) is 4.49. The van der Waals surface area contributed by atoms with Gasteiger partial charge in [-0.3, -0.25) is 0 Å². The van der Waals surface area contributed by atoms with Crippen molar-refractivity contribution in [3.05, 3.63) is 22.7 Å². The van der Waals surface area contributed by atoms with E-state index in [4.69, 9.17) is 4.74 Å². The van der Waals surface area contributed by atoms with Crippen molar-refractivity contribution in [1.29, 1.82) is 0 Å². The molecule has 0 N–H and O–H groups in total. The highest BCUT2D eigenvalue weighted by molar-refractivity contribution is 9.10. The van der Waals surface area contributed by atoms with Crippen LogP contribution in [0.25, 0.3) is 0 Å². The molecule has 0 aliphatic carbocycles. The van der Waals surface area contributed by atoms with Gasteiger partial charge in [-0.15, -0.1) is 0 Å². The van der Waals surface area contributed by atoms with Crippen molar-refractivity contribution in [2.45, 2.75) is 19.8 Å². The Morgan fingerprint density at radius 3 is 2.62 bits per heavy atom. The fraction of sp³-hybridized carbons (Fsp3) is 0.538. The van der Waals surface area contributed by atoms with Crippen LogP contribution in [-0.4, -0.2) is 20.2 Å². The first-order valence-corrected chi connectivity index (χ1v) is 6.58. The molecule has 2 rings (SSSR count). The highest BCUT2D eigenvalue weighted by Crippen LogP contribution is 2.32. The molecule has 0 atom stereocenters. The van der Waals surface area contributed by atoms with Gasteiger partial charge in [0.2, 0.25) is 0 Å². The van der Waals surface area contributed by atoms with Crippen molar-refractivity contribution in [3.8, 4) is 5.75 Å². The van der Waals surface area contributed by atoms with Gasteiger partial charge in [0, 0.05) is 23.6 Å². The summed E-state index contributed by atoms with van der Waals surface area (Å²) >= 11 is 3.61. The van der Waals surface area contributed by atoms with Crippen LogP contribution >= 0.6 is 15.9 Å². The zero-order valence-corrected chi connectivity index (χ0v) is 11.5. The molecule has 0 unspecified atom stereocenters.